The smallest absolute Gasteiger partial charge is 0.255 e. The van der Waals surface area contributed by atoms with Crippen LogP contribution in [0.2, 0.25) is 0 Å². The summed E-state index contributed by atoms with van der Waals surface area (Å²) in [7, 11) is 4.54. The molecule has 1 fully saturated rings. The van der Waals surface area contributed by atoms with Gasteiger partial charge in [0.25, 0.3) is 5.91 Å². The number of rotatable bonds is 6. The molecule has 1 heterocycles. The Morgan fingerprint density at radius 1 is 1.04 bits per heavy atom. The first-order valence-corrected chi connectivity index (χ1v) is 8.59. The molecule has 27 heavy (non-hydrogen) atoms. The van der Waals surface area contributed by atoms with Crippen LogP contribution < -0.4 is 24.4 Å². The number of benzene rings is 2. The Hall–Kier alpha value is -3.22. The number of carbonyl (C=O) groups is 2. The fourth-order valence-electron chi connectivity index (χ4n) is 3.09. The standard InChI is InChI=1S/C20H22N2O5/c1-25-16-11-14(12-17(26-2)19(16)27-3)21-20(24)13-6-4-7-15(10-13)22-9-5-8-18(22)23/h4,6-7,10-12H,5,8-9H2,1-3H3,(H,21,24). The molecule has 1 N–H and O–H groups in total. The van der Waals surface area contributed by atoms with Crippen molar-refractivity contribution in [2.75, 3.05) is 38.1 Å². The van der Waals surface area contributed by atoms with Gasteiger partial charge in [-0.15, -0.1) is 0 Å². The van der Waals surface area contributed by atoms with Crippen LogP contribution in [0.3, 0.4) is 0 Å². The van der Waals surface area contributed by atoms with E-state index in [1.165, 1.54) is 21.3 Å². The summed E-state index contributed by atoms with van der Waals surface area (Å²) in [6.45, 7) is 0.677. The maximum absolute atomic E-state index is 12.7. The molecule has 2 aromatic rings. The van der Waals surface area contributed by atoms with Gasteiger partial charge >= 0.3 is 0 Å². The second-order valence-electron chi connectivity index (χ2n) is 6.07. The van der Waals surface area contributed by atoms with E-state index in [9.17, 15) is 9.59 Å². The van der Waals surface area contributed by atoms with Crippen LogP contribution in [0.25, 0.3) is 0 Å². The summed E-state index contributed by atoms with van der Waals surface area (Å²) in [5, 5.41) is 2.83. The van der Waals surface area contributed by atoms with Crippen molar-refractivity contribution in [3.05, 3.63) is 42.0 Å². The molecule has 0 aliphatic carbocycles. The summed E-state index contributed by atoms with van der Waals surface area (Å²) in [5.74, 6) is 1.13. The number of hydrogen-bond acceptors (Lipinski definition) is 5. The highest BCUT2D eigenvalue weighted by Gasteiger charge is 2.22. The van der Waals surface area contributed by atoms with Crippen LogP contribution in [0.15, 0.2) is 36.4 Å². The highest BCUT2D eigenvalue weighted by atomic mass is 16.5. The van der Waals surface area contributed by atoms with Gasteiger partial charge in [-0.2, -0.15) is 0 Å². The summed E-state index contributed by atoms with van der Waals surface area (Å²) in [6.07, 6.45) is 1.38. The molecule has 142 valence electrons. The van der Waals surface area contributed by atoms with Crippen molar-refractivity contribution >= 4 is 23.2 Å². The van der Waals surface area contributed by atoms with E-state index in [4.69, 9.17) is 14.2 Å². The Kier molecular flexibility index (Phi) is 5.49. The minimum absolute atomic E-state index is 0.0807. The lowest BCUT2D eigenvalue weighted by Crippen LogP contribution is -2.24. The first-order valence-electron chi connectivity index (χ1n) is 8.59. The minimum Gasteiger partial charge on any atom is -0.493 e. The van der Waals surface area contributed by atoms with Gasteiger partial charge in [-0.05, 0) is 24.6 Å². The third kappa shape index (κ3) is 3.81. The molecule has 1 aliphatic heterocycles. The van der Waals surface area contributed by atoms with Gasteiger partial charge in [0.2, 0.25) is 11.7 Å². The Morgan fingerprint density at radius 2 is 1.74 bits per heavy atom. The lowest BCUT2D eigenvalue weighted by molar-refractivity contribution is -0.117. The molecule has 2 aromatic carbocycles. The summed E-state index contributed by atoms with van der Waals surface area (Å²) in [5.41, 5.74) is 1.70. The first-order chi connectivity index (χ1) is 13.1. The predicted octanol–water partition coefficient (Wildman–Crippen LogP) is 3.09. The number of ether oxygens (including phenoxy) is 3. The molecule has 0 spiro atoms. The SMILES string of the molecule is COc1cc(NC(=O)c2cccc(N3CCCC3=O)c2)cc(OC)c1OC. The normalized spacial score (nSPS) is 13.4. The van der Waals surface area contributed by atoms with Gasteiger partial charge in [0.05, 0.1) is 21.3 Å². The van der Waals surface area contributed by atoms with Gasteiger partial charge in [-0.3, -0.25) is 9.59 Å². The monoisotopic (exact) mass is 370 g/mol. The number of amides is 2. The fraction of sp³-hybridized carbons (Fsp3) is 0.300. The number of carbonyl (C=O) groups excluding carboxylic acids is 2. The zero-order valence-electron chi connectivity index (χ0n) is 15.6. The van der Waals surface area contributed by atoms with Gasteiger partial charge in [-0.1, -0.05) is 6.07 Å². The van der Waals surface area contributed by atoms with Crippen molar-refractivity contribution in [2.24, 2.45) is 0 Å². The van der Waals surface area contributed by atoms with Crippen LogP contribution in [0.1, 0.15) is 23.2 Å². The molecule has 7 heteroatoms. The van der Waals surface area contributed by atoms with Crippen LogP contribution in [-0.2, 0) is 4.79 Å². The average molecular weight is 370 g/mol. The molecule has 0 atom stereocenters. The molecule has 0 unspecified atom stereocenters. The quantitative estimate of drug-likeness (QED) is 0.846. The largest absolute Gasteiger partial charge is 0.493 e. The van der Waals surface area contributed by atoms with Crippen LogP contribution in [-0.4, -0.2) is 39.7 Å². The first kappa shape index (κ1) is 18.6. The predicted molar refractivity (Wildman–Crippen MR) is 102 cm³/mol. The third-order valence-corrected chi connectivity index (χ3v) is 4.42. The van der Waals surface area contributed by atoms with Crippen molar-refractivity contribution in [3.8, 4) is 17.2 Å². The van der Waals surface area contributed by atoms with E-state index in [-0.39, 0.29) is 11.8 Å². The Balaban J connectivity index is 1.84. The van der Waals surface area contributed by atoms with E-state index in [0.717, 1.165) is 12.1 Å². The van der Waals surface area contributed by atoms with E-state index >= 15 is 0 Å². The van der Waals surface area contributed by atoms with Gasteiger partial charge in [0.15, 0.2) is 11.5 Å². The topological polar surface area (TPSA) is 77.1 Å². The number of nitrogens with one attached hydrogen (secondary N) is 1. The van der Waals surface area contributed by atoms with Crippen molar-refractivity contribution in [1.29, 1.82) is 0 Å². The number of nitrogens with zero attached hydrogens (tertiary/aromatic N) is 1. The molecule has 3 rings (SSSR count). The van der Waals surface area contributed by atoms with E-state index < -0.39 is 0 Å². The lowest BCUT2D eigenvalue weighted by Gasteiger charge is -2.17. The molecule has 1 saturated heterocycles. The molecule has 0 aromatic heterocycles. The van der Waals surface area contributed by atoms with Crippen LogP contribution in [0.5, 0.6) is 17.2 Å². The second-order valence-corrected chi connectivity index (χ2v) is 6.07. The number of methoxy groups -OCH3 is 3. The minimum atomic E-state index is -0.294. The van der Waals surface area contributed by atoms with Crippen LogP contribution in [0.4, 0.5) is 11.4 Å². The Morgan fingerprint density at radius 3 is 2.30 bits per heavy atom. The Labute approximate surface area is 157 Å². The highest BCUT2D eigenvalue weighted by Crippen LogP contribution is 2.40. The molecule has 1 aliphatic rings. The molecule has 2 amide bonds. The van der Waals surface area contributed by atoms with Crippen molar-refractivity contribution < 1.29 is 23.8 Å². The summed E-state index contributed by atoms with van der Waals surface area (Å²) >= 11 is 0. The van der Waals surface area contributed by atoms with E-state index in [1.54, 1.807) is 35.2 Å². The van der Waals surface area contributed by atoms with Crippen LogP contribution >= 0.6 is 0 Å². The summed E-state index contributed by atoms with van der Waals surface area (Å²) in [4.78, 5) is 26.3. The maximum atomic E-state index is 12.7. The average Bonchev–Trinajstić information content (AvgIpc) is 3.13. The van der Waals surface area contributed by atoms with Crippen molar-refractivity contribution in [2.45, 2.75) is 12.8 Å². The van der Waals surface area contributed by atoms with E-state index in [2.05, 4.69) is 5.32 Å². The van der Waals surface area contributed by atoms with Gasteiger partial charge in [0.1, 0.15) is 0 Å². The number of hydrogen-bond donors (Lipinski definition) is 1. The van der Waals surface area contributed by atoms with Crippen molar-refractivity contribution in [3.63, 3.8) is 0 Å². The van der Waals surface area contributed by atoms with Crippen molar-refractivity contribution in [1.82, 2.24) is 0 Å². The zero-order valence-corrected chi connectivity index (χ0v) is 15.6. The van der Waals surface area contributed by atoms with Crippen LogP contribution in [0, 0.1) is 0 Å². The molecule has 0 saturated carbocycles. The van der Waals surface area contributed by atoms with Gasteiger partial charge in [-0.25, -0.2) is 0 Å². The summed E-state index contributed by atoms with van der Waals surface area (Å²) < 4.78 is 15.9. The molecular weight excluding hydrogens is 348 g/mol. The highest BCUT2D eigenvalue weighted by molar-refractivity contribution is 6.06. The van der Waals surface area contributed by atoms with Gasteiger partial charge < -0.3 is 24.4 Å². The molecule has 0 bridgehead atoms. The lowest BCUT2D eigenvalue weighted by atomic mass is 10.1. The zero-order chi connectivity index (χ0) is 19.4. The van der Waals surface area contributed by atoms with E-state index in [0.29, 0.717) is 41.5 Å². The Bertz CT molecular complexity index is 840. The van der Waals surface area contributed by atoms with E-state index in [1.807, 2.05) is 6.07 Å². The maximum Gasteiger partial charge on any atom is 0.255 e. The molecule has 7 nitrogen and oxygen atoms in total. The third-order valence-electron chi connectivity index (χ3n) is 4.42. The molecule has 0 radical (unpaired) electrons. The van der Waals surface area contributed by atoms with Gasteiger partial charge in [0, 0.05) is 42.0 Å². The second kappa shape index (κ2) is 7.99. The summed E-state index contributed by atoms with van der Waals surface area (Å²) in [6, 6.07) is 10.3. The number of anilines is 2. The fourth-order valence-corrected chi connectivity index (χ4v) is 3.09. The molecular formula is C20H22N2O5.